The largest absolute Gasteiger partial charge is 0.389 e. The highest BCUT2D eigenvalue weighted by molar-refractivity contribution is 7.93. The number of benzene rings is 1. The summed E-state index contributed by atoms with van der Waals surface area (Å²) in [6.45, 7) is 2.38. The van der Waals surface area contributed by atoms with E-state index in [2.05, 4.69) is 0 Å². The molecule has 6 heteroatoms. The molecule has 1 fully saturated rings. The normalized spacial score (nSPS) is 18.3. The van der Waals surface area contributed by atoms with Crippen molar-refractivity contribution in [1.29, 1.82) is 0 Å². The van der Waals surface area contributed by atoms with E-state index in [4.69, 9.17) is 18.0 Å². The van der Waals surface area contributed by atoms with Gasteiger partial charge in [0.2, 0.25) is 10.0 Å². The predicted octanol–water partition coefficient (Wildman–Crippen LogP) is 1.17. The first-order valence-corrected chi connectivity index (χ1v) is 7.35. The molecule has 92 valence electrons. The van der Waals surface area contributed by atoms with E-state index in [9.17, 15) is 8.42 Å². The van der Waals surface area contributed by atoms with Gasteiger partial charge >= 0.3 is 0 Å². The fourth-order valence-electron chi connectivity index (χ4n) is 2.09. The highest BCUT2D eigenvalue weighted by atomic mass is 32.2. The molecule has 0 saturated carbocycles. The van der Waals surface area contributed by atoms with Crippen LogP contribution in [0.1, 0.15) is 17.5 Å². The molecule has 0 aliphatic carbocycles. The molecule has 1 aliphatic rings. The maximum Gasteiger partial charge on any atom is 0.235 e. The molecule has 2 rings (SSSR count). The van der Waals surface area contributed by atoms with Crippen LogP contribution in [0.25, 0.3) is 0 Å². The number of nitrogens with zero attached hydrogens (tertiary/aromatic N) is 1. The number of aryl methyl sites for hydroxylation is 1. The summed E-state index contributed by atoms with van der Waals surface area (Å²) in [6, 6.07) is 5.45. The van der Waals surface area contributed by atoms with Gasteiger partial charge in [-0.2, -0.15) is 0 Å². The molecular formula is C11H14N2O2S2. The topological polar surface area (TPSA) is 63.4 Å². The predicted molar refractivity (Wildman–Crippen MR) is 72.8 cm³/mol. The average Bonchev–Trinajstić information content (AvgIpc) is 2.57. The van der Waals surface area contributed by atoms with E-state index in [0.29, 0.717) is 24.2 Å². The Morgan fingerprint density at radius 2 is 2.18 bits per heavy atom. The molecule has 17 heavy (non-hydrogen) atoms. The molecule has 1 aliphatic heterocycles. The van der Waals surface area contributed by atoms with Gasteiger partial charge in [-0.25, -0.2) is 8.42 Å². The summed E-state index contributed by atoms with van der Waals surface area (Å²) in [5.41, 5.74) is 7.85. The van der Waals surface area contributed by atoms with Crippen LogP contribution in [0.4, 0.5) is 5.69 Å². The van der Waals surface area contributed by atoms with Gasteiger partial charge in [-0.1, -0.05) is 24.4 Å². The Morgan fingerprint density at radius 3 is 2.71 bits per heavy atom. The number of anilines is 1. The highest BCUT2D eigenvalue weighted by Crippen LogP contribution is 2.29. The quantitative estimate of drug-likeness (QED) is 0.819. The number of thiocarbonyl (C=S) groups is 1. The van der Waals surface area contributed by atoms with Crippen molar-refractivity contribution in [3.8, 4) is 0 Å². The monoisotopic (exact) mass is 270 g/mol. The Hall–Kier alpha value is -1.14. The van der Waals surface area contributed by atoms with Crippen LogP contribution in [0.2, 0.25) is 0 Å². The minimum Gasteiger partial charge on any atom is -0.389 e. The Kier molecular flexibility index (Phi) is 3.09. The van der Waals surface area contributed by atoms with Crippen LogP contribution >= 0.6 is 12.2 Å². The summed E-state index contributed by atoms with van der Waals surface area (Å²) in [5, 5.41) is 0. The van der Waals surface area contributed by atoms with Crippen molar-refractivity contribution in [2.24, 2.45) is 5.73 Å². The fourth-order valence-corrected chi connectivity index (χ4v) is 3.93. The average molecular weight is 270 g/mol. The Labute approximate surface area is 106 Å². The van der Waals surface area contributed by atoms with Crippen LogP contribution in [0, 0.1) is 6.92 Å². The van der Waals surface area contributed by atoms with Gasteiger partial charge in [0.1, 0.15) is 4.99 Å². The minimum absolute atomic E-state index is 0.192. The number of nitrogens with two attached hydrogens (primary N) is 1. The SMILES string of the molecule is Cc1cccc(N2CCCS2(=O)=O)c1C(N)=S. The van der Waals surface area contributed by atoms with Crippen molar-refractivity contribution in [3.05, 3.63) is 29.3 Å². The van der Waals surface area contributed by atoms with Crippen LogP contribution in [0.3, 0.4) is 0 Å². The summed E-state index contributed by atoms with van der Waals surface area (Å²) in [4.78, 5) is 0.236. The summed E-state index contributed by atoms with van der Waals surface area (Å²) in [5.74, 6) is 0.192. The lowest BCUT2D eigenvalue weighted by molar-refractivity contribution is 0.599. The van der Waals surface area contributed by atoms with Crippen LogP contribution in [-0.2, 0) is 10.0 Å². The van der Waals surface area contributed by atoms with Gasteiger partial charge in [0.25, 0.3) is 0 Å². The van der Waals surface area contributed by atoms with Crippen LogP contribution < -0.4 is 10.0 Å². The molecule has 0 unspecified atom stereocenters. The van der Waals surface area contributed by atoms with Crippen molar-refractivity contribution in [1.82, 2.24) is 0 Å². The molecule has 0 bridgehead atoms. The van der Waals surface area contributed by atoms with Crippen molar-refractivity contribution < 1.29 is 8.42 Å². The molecule has 1 heterocycles. The maximum atomic E-state index is 11.9. The minimum atomic E-state index is -3.19. The first-order valence-electron chi connectivity index (χ1n) is 5.33. The van der Waals surface area contributed by atoms with Gasteiger partial charge in [0, 0.05) is 12.1 Å². The highest BCUT2D eigenvalue weighted by Gasteiger charge is 2.30. The summed E-state index contributed by atoms with van der Waals surface area (Å²) in [6.07, 6.45) is 0.646. The van der Waals surface area contributed by atoms with Gasteiger partial charge in [-0.3, -0.25) is 4.31 Å². The summed E-state index contributed by atoms with van der Waals surface area (Å²) < 4.78 is 25.2. The molecule has 0 aromatic heterocycles. The van der Waals surface area contributed by atoms with Crippen molar-refractivity contribution in [3.63, 3.8) is 0 Å². The third kappa shape index (κ3) is 2.14. The molecule has 1 aromatic rings. The maximum absolute atomic E-state index is 11.9. The van der Waals surface area contributed by atoms with E-state index < -0.39 is 10.0 Å². The Morgan fingerprint density at radius 1 is 1.47 bits per heavy atom. The second-order valence-electron chi connectivity index (χ2n) is 4.07. The molecule has 4 nitrogen and oxygen atoms in total. The Bertz CT molecular complexity index is 567. The smallest absolute Gasteiger partial charge is 0.235 e. The zero-order valence-corrected chi connectivity index (χ0v) is 11.1. The zero-order chi connectivity index (χ0) is 12.6. The second-order valence-corrected chi connectivity index (χ2v) is 6.53. The second kappa shape index (κ2) is 4.27. The third-order valence-corrected chi connectivity index (χ3v) is 4.92. The number of sulfonamides is 1. The first kappa shape index (κ1) is 12.3. The van der Waals surface area contributed by atoms with Crippen molar-refractivity contribution in [2.75, 3.05) is 16.6 Å². The number of rotatable bonds is 2. The molecule has 0 atom stereocenters. The van der Waals surface area contributed by atoms with Crippen molar-refractivity contribution >= 4 is 32.9 Å². The van der Waals surface area contributed by atoms with Gasteiger partial charge in [-0.05, 0) is 25.0 Å². The summed E-state index contributed by atoms with van der Waals surface area (Å²) >= 11 is 5.00. The van der Waals surface area contributed by atoms with Gasteiger partial charge < -0.3 is 5.73 Å². The van der Waals surface area contributed by atoms with E-state index in [1.165, 1.54) is 4.31 Å². The molecule has 0 radical (unpaired) electrons. The Balaban J connectivity index is 2.60. The summed E-state index contributed by atoms with van der Waals surface area (Å²) in [7, 11) is -3.19. The van der Waals surface area contributed by atoms with Crippen LogP contribution in [0.5, 0.6) is 0 Å². The van der Waals surface area contributed by atoms with Gasteiger partial charge in [-0.15, -0.1) is 0 Å². The molecule has 0 spiro atoms. The standard InChI is InChI=1S/C11H14N2O2S2/c1-8-4-2-5-9(10(8)11(12)16)13-6-3-7-17(13,14)15/h2,4-5H,3,6-7H2,1H3,(H2,12,16). The van der Waals surface area contributed by atoms with Crippen molar-refractivity contribution in [2.45, 2.75) is 13.3 Å². The number of hydrogen-bond donors (Lipinski definition) is 1. The van der Waals surface area contributed by atoms with Gasteiger partial charge in [0.15, 0.2) is 0 Å². The molecule has 0 amide bonds. The van der Waals surface area contributed by atoms with E-state index in [1.54, 1.807) is 6.07 Å². The van der Waals surface area contributed by atoms with E-state index in [-0.39, 0.29) is 10.7 Å². The van der Waals surface area contributed by atoms with E-state index in [0.717, 1.165) is 5.56 Å². The lowest BCUT2D eigenvalue weighted by atomic mass is 10.1. The lowest BCUT2D eigenvalue weighted by Crippen LogP contribution is -2.28. The van der Waals surface area contributed by atoms with Gasteiger partial charge in [0.05, 0.1) is 11.4 Å². The van der Waals surface area contributed by atoms with E-state index >= 15 is 0 Å². The molecule has 1 saturated heterocycles. The van der Waals surface area contributed by atoms with Crippen LogP contribution in [-0.4, -0.2) is 25.7 Å². The first-order chi connectivity index (χ1) is 7.93. The lowest BCUT2D eigenvalue weighted by Gasteiger charge is -2.21. The third-order valence-electron chi connectivity index (χ3n) is 2.87. The molecular weight excluding hydrogens is 256 g/mol. The van der Waals surface area contributed by atoms with E-state index in [1.807, 2.05) is 19.1 Å². The van der Waals surface area contributed by atoms with Crippen LogP contribution in [0.15, 0.2) is 18.2 Å². The molecule has 1 aromatic carbocycles. The number of hydrogen-bond acceptors (Lipinski definition) is 3. The fraction of sp³-hybridized carbons (Fsp3) is 0.364. The zero-order valence-electron chi connectivity index (χ0n) is 9.51. The molecule has 2 N–H and O–H groups in total.